The van der Waals surface area contributed by atoms with Gasteiger partial charge in [-0.2, -0.15) is 0 Å². The van der Waals surface area contributed by atoms with E-state index in [-0.39, 0.29) is 11.7 Å². The second kappa shape index (κ2) is 5.75. The van der Waals surface area contributed by atoms with Crippen LogP contribution in [0.1, 0.15) is 33.2 Å². The smallest absolute Gasteiger partial charge is 0.317 e. The van der Waals surface area contributed by atoms with Gasteiger partial charge in [0.15, 0.2) is 0 Å². The molecule has 0 aliphatic heterocycles. The van der Waals surface area contributed by atoms with E-state index in [2.05, 4.69) is 12.2 Å². The van der Waals surface area contributed by atoms with Crippen LogP contribution in [0.15, 0.2) is 17.2 Å². The molecule has 0 fully saturated rings. The van der Waals surface area contributed by atoms with Gasteiger partial charge in [-0.3, -0.25) is 9.13 Å². The van der Waals surface area contributed by atoms with Gasteiger partial charge >= 0.3 is 5.69 Å². The van der Waals surface area contributed by atoms with Gasteiger partial charge < -0.3 is 5.32 Å². The van der Waals surface area contributed by atoms with Crippen LogP contribution in [0.3, 0.4) is 0 Å². The molecule has 1 aromatic rings. The van der Waals surface area contributed by atoms with Gasteiger partial charge in [0.1, 0.15) is 0 Å². The summed E-state index contributed by atoms with van der Waals surface area (Å²) in [6.07, 6.45) is 4.73. The van der Waals surface area contributed by atoms with Crippen LogP contribution in [-0.4, -0.2) is 22.2 Å². The fraction of sp³-hybridized carbons (Fsp3) is 0.727. The first-order valence-electron chi connectivity index (χ1n) is 5.64. The van der Waals surface area contributed by atoms with Gasteiger partial charge in [-0.15, -0.1) is 0 Å². The van der Waals surface area contributed by atoms with Crippen molar-refractivity contribution in [1.82, 2.24) is 14.5 Å². The third kappa shape index (κ3) is 3.23. The summed E-state index contributed by atoms with van der Waals surface area (Å²) in [6.45, 7) is 8.87. The Balaban J connectivity index is 2.52. The summed E-state index contributed by atoms with van der Waals surface area (Å²) in [5.41, 5.74) is 0.0986. The number of rotatable bonds is 6. The van der Waals surface area contributed by atoms with E-state index in [0.29, 0.717) is 0 Å². The van der Waals surface area contributed by atoms with Crippen LogP contribution in [0.2, 0.25) is 0 Å². The molecule has 86 valence electrons. The molecule has 0 radical (unpaired) electrons. The topological polar surface area (TPSA) is 39.0 Å². The van der Waals surface area contributed by atoms with Crippen LogP contribution < -0.4 is 11.0 Å². The molecule has 0 spiro atoms. The zero-order valence-electron chi connectivity index (χ0n) is 9.86. The van der Waals surface area contributed by atoms with Gasteiger partial charge in [0, 0.05) is 25.0 Å². The summed E-state index contributed by atoms with van der Waals surface area (Å²) < 4.78 is 3.53. The predicted octanol–water partition coefficient (Wildman–Crippen LogP) is 1.23. The Kier molecular flexibility index (Phi) is 4.62. The molecule has 1 rings (SSSR count). The fourth-order valence-electron chi connectivity index (χ4n) is 1.54. The van der Waals surface area contributed by atoms with Crippen molar-refractivity contribution in [1.29, 1.82) is 0 Å². The van der Waals surface area contributed by atoms with Crippen LogP contribution in [0.5, 0.6) is 0 Å². The SMILES string of the molecule is CCNCCCn1ccn(C(C)C)c1=O. The number of hydrogen-bond acceptors (Lipinski definition) is 2. The lowest BCUT2D eigenvalue weighted by Crippen LogP contribution is -2.26. The highest BCUT2D eigenvalue weighted by molar-refractivity contribution is 4.83. The Bertz CT molecular complexity index is 338. The number of hydrogen-bond donors (Lipinski definition) is 1. The molecule has 0 aliphatic carbocycles. The lowest BCUT2D eigenvalue weighted by atomic mass is 10.4. The monoisotopic (exact) mass is 211 g/mol. The van der Waals surface area contributed by atoms with Gasteiger partial charge in [0.25, 0.3) is 0 Å². The Hall–Kier alpha value is -1.03. The van der Waals surface area contributed by atoms with E-state index in [0.717, 1.165) is 26.1 Å². The molecule has 1 N–H and O–H groups in total. The third-order valence-corrected chi connectivity index (χ3v) is 2.43. The van der Waals surface area contributed by atoms with E-state index in [1.54, 1.807) is 9.13 Å². The van der Waals surface area contributed by atoms with Crippen molar-refractivity contribution >= 4 is 0 Å². The van der Waals surface area contributed by atoms with E-state index >= 15 is 0 Å². The second-order valence-corrected chi connectivity index (χ2v) is 3.98. The predicted molar refractivity (Wildman–Crippen MR) is 62.2 cm³/mol. The normalized spacial score (nSPS) is 11.2. The fourth-order valence-corrected chi connectivity index (χ4v) is 1.54. The molecule has 0 unspecified atom stereocenters. The van der Waals surface area contributed by atoms with Crippen molar-refractivity contribution < 1.29 is 0 Å². The Labute approximate surface area is 90.9 Å². The Morgan fingerprint density at radius 2 is 2.13 bits per heavy atom. The lowest BCUT2D eigenvalue weighted by molar-refractivity contribution is 0.533. The maximum atomic E-state index is 11.8. The van der Waals surface area contributed by atoms with Crippen LogP contribution in [0.25, 0.3) is 0 Å². The molecule has 0 aromatic carbocycles. The van der Waals surface area contributed by atoms with Gasteiger partial charge in [0.2, 0.25) is 0 Å². The molecule has 1 heterocycles. The quantitative estimate of drug-likeness (QED) is 0.719. The highest BCUT2D eigenvalue weighted by atomic mass is 16.1. The Morgan fingerprint density at radius 1 is 1.40 bits per heavy atom. The maximum absolute atomic E-state index is 11.8. The molecule has 15 heavy (non-hydrogen) atoms. The van der Waals surface area contributed by atoms with Crippen molar-refractivity contribution in [2.75, 3.05) is 13.1 Å². The molecule has 4 nitrogen and oxygen atoms in total. The number of nitrogens with one attached hydrogen (secondary N) is 1. The van der Waals surface area contributed by atoms with Crippen molar-refractivity contribution in [2.24, 2.45) is 0 Å². The zero-order valence-corrected chi connectivity index (χ0v) is 9.86. The Morgan fingerprint density at radius 3 is 2.67 bits per heavy atom. The lowest BCUT2D eigenvalue weighted by Gasteiger charge is -2.05. The molecular formula is C11H21N3O. The van der Waals surface area contributed by atoms with Gasteiger partial charge in [-0.1, -0.05) is 6.92 Å². The molecule has 4 heteroatoms. The molecule has 0 amide bonds. The summed E-state index contributed by atoms with van der Waals surface area (Å²) in [4.78, 5) is 11.8. The van der Waals surface area contributed by atoms with E-state index in [1.807, 2.05) is 26.2 Å². The third-order valence-electron chi connectivity index (χ3n) is 2.43. The van der Waals surface area contributed by atoms with E-state index in [9.17, 15) is 4.79 Å². The largest absolute Gasteiger partial charge is 0.328 e. The van der Waals surface area contributed by atoms with E-state index in [1.165, 1.54) is 0 Å². The first-order valence-corrected chi connectivity index (χ1v) is 5.64. The molecule has 0 atom stereocenters. The summed E-state index contributed by atoms with van der Waals surface area (Å²) in [5.74, 6) is 0. The molecule has 0 saturated carbocycles. The van der Waals surface area contributed by atoms with Crippen molar-refractivity contribution in [3.05, 3.63) is 22.9 Å². The van der Waals surface area contributed by atoms with E-state index < -0.39 is 0 Å². The number of aromatic nitrogens is 2. The molecule has 0 bridgehead atoms. The van der Waals surface area contributed by atoms with Crippen LogP contribution >= 0.6 is 0 Å². The maximum Gasteiger partial charge on any atom is 0.328 e. The zero-order chi connectivity index (χ0) is 11.3. The summed E-state index contributed by atoms with van der Waals surface area (Å²) in [6, 6.07) is 0.243. The highest BCUT2D eigenvalue weighted by Crippen LogP contribution is 1.99. The van der Waals surface area contributed by atoms with Gasteiger partial charge in [0.05, 0.1) is 0 Å². The summed E-state index contributed by atoms with van der Waals surface area (Å²) in [7, 11) is 0. The molecule has 1 aromatic heterocycles. The minimum absolute atomic E-state index is 0.0986. The number of aryl methyl sites for hydroxylation is 1. The first kappa shape index (κ1) is 12.0. The van der Waals surface area contributed by atoms with Gasteiger partial charge in [-0.25, -0.2) is 4.79 Å². The van der Waals surface area contributed by atoms with E-state index in [4.69, 9.17) is 0 Å². The molecule has 0 saturated heterocycles. The van der Waals surface area contributed by atoms with Crippen LogP contribution in [0.4, 0.5) is 0 Å². The second-order valence-electron chi connectivity index (χ2n) is 3.98. The standard InChI is InChI=1S/C11H21N3O/c1-4-12-6-5-7-13-8-9-14(10(2)3)11(13)15/h8-10,12H,4-7H2,1-3H3. The van der Waals surface area contributed by atoms with Gasteiger partial charge in [-0.05, 0) is 33.4 Å². The molecule has 0 aliphatic rings. The minimum atomic E-state index is 0.0986. The van der Waals surface area contributed by atoms with Crippen molar-refractivity contribution in [3.63, 3.8) is 0 Å². The first-order chi connectivity index (χ1) is 7.16. The van der Waals surface area contributed by atoms with Crippen molar-refractivity contribution in [3.8, 4) is 0 Å². The summed E-state index contributed by atoms with van der Waals surface area (Å²) in [5, 5.41) is 3.25. The molecular weight excluding hydrogens is 190 g/mol. The average molecular weight is 211 g/mol. The number of nitrogens with zero attached hydrogens (tertiary/aromatic N) is 2. The summed E-state index contributed by atoms with van der Waals surface area (Å²) >= 11 is 0. The minimum Gasteiger partial charge on any atom is -0.317 e. The van der Waals surface area contributed by atoms with Crippen LogP contribution in [-0.2, 0) is 6.54 Å². The van der Waals surface area contributed by atoms with Crippen molar-refractivity contribution in [2.45, 2.75) is 39.8 Å². The average Bonchev–Trinajstić information content (AvgIpc) is 2.55. The highest BCUT2D eigenvalue weighted by Gasteiger charge is 2.04. The van der Waals surface area contributed by atoms with Crippen LogP contribution in [0, 0.1) is 0 Å². The number of imidazole rings is 1.